The van der Waals surface area contributed by atoms with Crippen LogP contribution < -0.4 is 10.5 Å². The largest absolute Gasteiger partial charge is 0.496 e. The van der Waals surface area contributed by atoms with E-state index in [4.69, 9.17) is 10.5 Å². The second-order valence-corrected chi connectivity index (χ2v) is 4.65. The molecule has 2 rings (SSSR count). The zero-order chi connectivity index (χ0) is 14.0. The summed E-state index contributed by atoms with van der Waals surface area (Å²) in [5, 5.41) is 0. The van der Waals surface area contributed by atoms with Crippen molar-refractivity contribution < 1.29 is 9.13 Å². The van der Waals surface area contributed by atoms with E-state index in [1.54, 1.807) is 19.2 Å². The fourth-order valence-corrected chi connectivity index (χ4v) is 2.35. The van der Waals surface area contributed by atoms with Crippen molar-refractivity contribution in [2.24, 2.45) is 5.73 Å². The topological polar surface area (TPSA) is 35.2 Å². The second-order valence-electron chi connectivity index (χ2n) is 4.65. The smallest absolute Gasteiger partial charge is 0.127 e. The summed E-state index contributed by atoms with van der Waals surface area (Å²) in [5.41, 5.74) is 10.2. The van der Waals surface area contributed by atoms with E-state index in [0.717, 1.165) is 28.0 Å². The van der Waals surface area contributed by atoms with Gasteiger partial charge in [0, 0.05) is 12.1 Å². The number of methoxy groups -OCH3 is 1. The number of benzene rings is 2. The van der Waals surface area contributed by atoms with E-state index in [0.29, 0.717) is 5.56 Å². The van der Waals surface area contributed by atoms with Crippen molar-refractivity contribution in [1.29, 1.82) is 0 Å². The van der Waals surface area contributed by atoms with E-state index in [1.165, 1.54) is 6.07 Å². The molecule has 0 radical (unpaired) electrons. The highest BCUT2D eigenvalue weighted by atomic mass is 19.1. The molecule has 100 valence electrons. The van der Waals surface area contributed by atoms with Gasteiger partial charge in [-0.25, -0.2) is 4.39 Å². The van der Waals surface area contributed by atoms with Crippen LogP contribution in [0.25, 0.3) is 11.1 Å². The molecule has 0 saturated carbocycles. The van der Waals surface area contributed by atoms with Gasteiger partial charge < -0.3 is 10.5 Å². The van der Waals surface area contributed by atoms with Crippen LogP contribution in [0.4, 0.5) is 4.39 Å². The molecule has 2 aromatic carbocycles. The normalized spacial score (nSPS) is 10.6. The van der Waals surface area contributed by atoms with Crippen molar-refractivity contribution in [2.45, 2.75) is 20.4 Å². The maximum atomic E-state index is 13.5. The molecule has 2 nitrogen and oxygen atoms in total. The van der Waals surface area contributed by atoms with Gasteiger partial charge in [-0.15, -0.1) is 0 Å². The Bertz CT molecular complexity index is 585. The molecule has 0 aliphatic heterocycles. The number of hydrogen-bond acceptors (Lipinski definition) is 2. The Morgan fingerprint density at radius 1 is 1.05 bits per heavy atom. The number of rotatable bonds is 3. The highest BCUT2D eigenvalue weighted by Crippen LogP contribution is 2.30. The van der Waals surface area contributed by atoms with Crippen LogP contribution in [0.15, 0.2) is 30.3 Å². The fourth-order valence-electron chi connectivity index (χ4n) is 2.35. The number of aryl methyl sites for hydroxylation is 2. The van der Waals surface area contributed by atoms with Crippen molar-refractivity contribution in [2.75, 3.05) is 7.11 Å². The quantitative estimate of drug-likeness (QED) is 0.914. The molecule has 0 aliphatic rings. The Morgan fingerprint density at radius 3 is 2.21 bits per heavy atom. The lowest BCUT2D eigenvalue weighted by Crippen LogP contribution is -2.00. The highest BCUT2D eigenvalue weighted by molar-refractivity contribution is 5.68. The summed E-state index contributed by atoms with van der Waals surface area (Å²) in [6, 6.07) is 9.12. The standard InChI is InChI=1S/C16H18FNO/c1-10-6-13(7-11(2)16(10)19-3)12-4-5-15(17)14(8-12)9-18/h4-8H,9,18H2,1-3H3. The molecule has 0 spiro atoms. The molecule has 19 heavy (non-hydrogen) atoms. The first kappa shape index (κ1) is 13.6. The first-order valence-electron chi connectivity index (χ1n) is 6.21. The summed E-state index contributed by atoms with van der Waals surface area (Å²) in [5.74, 6) is 0.637. The van der Waals surface area contributed by atoms with Crippen LogP contribution in [-0.4, -0.2) is 7.11 Å². The molecule has 0 unspecified atom stereocenters. The van der Waals surface area contributed by atoms with Gasteiger partial charge in [0.05, 0.1) is 7.11 Å². The first-order chi connectivity index (χ1) is 9.06. The van der Waals surface area contributed by atoms with Gasteiger partial charge in [0.25, 0.3) is 0 Å². The third kappa shape index (κ3) is 2.61. The summed E-state index contributed by atoms with van der Waals surface area (Å²) in [6.45, 7) is 4.21. The van der Waals surface area contributed by atoms with Crippen molar-refractivity contribution >= 4 is 0 Å². The molecule has 0 bridgehead atoms. The third-order valence-electron chi connectivity index (χ3n) is 3.26. The summed E-state index contributed by atoms with van der Waals surface area (Å²) >= 11 is 0. The Morgan fingerprint density at radius 2 is 1.68 bits per heavy atom. The summed E-state index contributed by atoms with van der Waals surface area (Å²) in [7, 11) is 1.67. The minimum atomic E-state index is -0.256. The second kappa shape index (κ2) is 5.41. The SMILES string of the molecule is COc1c(C)cc(-c2ccc(F)c(CN)c2)cc1C. The third-order valence-corrected chi connectivity index (χ3v) is 3.26. The number of halogens is 1. The van der Waals surface area contributed by atoms with Crippen LogP contribution >= 0.6 is 0 Å². The molecule has 3 heteroatoms. The van der Waals surface area contributed by atoms with Gasteiger partial charge in [-0.2, -0.15) is 0 Å². The Labute approximate surface area is 113 Å². The fraction of sp³-hybridized carbons (Fsp3) is 0.250. The molecule has 0 amide bonds. The Balaban J connectivity index is 2.53. The van der Waals surface area contributed by atoms with Crippen molar-refractivity contribution in [1.82, 2.24) is 0 Å². The predicted octanol–water partition coefficient (Wildman–Crippen LogP) is 3.58. The van der Waals surface area contributed by atoms with Gasteiger partial charge in [-0.3, -0.25) is 0 Å². The zero-order valence-electron chi connectivity index (χ0n) is 11.5. The molecular weight excluding hydrogens is 241 g/mol. The van der Waals surface area contributed by atoms with Gasteiger partial charge in [0.1, 0.15) is 11.6 Å². The molecular formula is C16H18FNO. The van der Waals surface area contributed by atoms with Gasteiger partial charge in [-0.05, 0) is 60.4 Å². The van der Waals surface area contributed by atoms with Crippen LogP contribution in [0.2, 0.25) is 0 Å². The molecule has 0 fully saturated rings. The number of hydrogen-bond donors (Lipinski definition) is 1. The average molecular weight is 259 g/mol. The molecule has 0 aliphatic carbocycles. The maximum Gasteiger partial charge on any atom is 0.127 e. The van der Waals surface area contributed by atoms with E-state index in [9.17, 15) is 4.39 Å². The predicted molar refractivity (Wildman–Crippen MR) is 75.8 cm³/mol. The van der Waals surface area contributed by atoms with Gasteiger partial charge in [-0.1, -0.05) is 6.07 Å². The molecule has 0 aromatic heterocycles. The highest BCUT2D eigenvalue weighted by Gasteiger charge is 2.08. The molecule has 0 atom stereocenters. The zero-order valence-corrected chi connectivity index (χ0v) is 11.5. The van der Waals surface area contributed by atoms with E-state index in [1.807, 2.05) is 26.0 Å². The lowest BCUT2D eigenvalue weighted by Gasteiger charge is -2.12. The number of nitrogens with two attached hydrogens (primary N) is 1. The van der Waals surface area contributed by atoms with Crippen LogP contribution in [0, 0.1) is 19.7 Å². The summed E-state index contributed by atoms with van der Waals surface area (Å²) < 4.78 is 18.8. The van der Waals surface area contributed by atoms with Crippen molar-refractivity contribution in [3.63, 3.8) is 0 Å². The minimum absolute atomic E-state index is 0.202. The van der Waals surface area contributed by atoms with E-state index in [2.05, 4.69) is 0 Å². The Kier molecular flexibility index (Phi) is 3.86. The monoisotopic (exact) mass is 259 g/mol. The average Bonchev–Trinajstić information content (AvgIpc) is 2.39. The van der Waals surface area contributed by atoms with E-state index < -0.39 is 0 Å². The first-order valence-corrected chi connectivity index (χ1v) is 6.21. The van der Waals surface area contributed by atoms with Crippen LogP contribution in [0.3, 0.4) is 0 Å². The lowest BCUT2D eigenvalue weighted by atomic mass is 9.98. The van der Waals surface area contributed by atoms with Crippen LogP contribution in [0.1, 0.15) is 16.7 Å². The van der Waals surface area contributed by atoms with E-state index >= 15 is 0 Å². The molecule has 2 aromatic rings. The van der Waals surface area contributed by atoms with Crippen LogP contribution in [-0.2, 0) is 6.54 Å². The van der Waals surface area contributed by atoms with Crippen molar-refractivity contribution in [3.8, 4) is 16.9 Å². The molecule has 0 heterocycles. The van der Waals surface area contributed by atoms with Gasteiger partial charge in [0.2, 0.25) is 0 Å². The maximum absolute atomic E-state index is 13.5. The van der Waals surface area contributed by atoms with E-state index in [-0.39, 0.29) is 12.4 Å². The minimum Gasteiger partial charge on any atom is -0.496 e. The Hall–Kier alpha value is -1.87. The van der Waals surface area contributed by atoms with Gasteiger partial charge >= 0.3 is 0 Å². The molecule has 0 saturated heterocycles. The number of ether oxygens (including phenoxy) is 1. The van der Waals surface area contributed by atoms with Crippen molar-refractivity contribution in [3.05, 3.63) is 52.8 Å². The summed E-state index contributed by atoms with van der Waals surface area (Å²) in [6.07, 6.45) is 0. The summed E-state index contributed by atoms with van der Waals surface area (Å²) in [4.78, 5) is 0. The van der Waals surface area contributed by atoms with Gasteiger partial charge in [0.15, 0.2) is 0 Å². The lowest BCUT2D eigenvalue weighted by molar-refractivity contribution is 0.408. The molecule has 2 N–H and O–H groups in total. The van der Waals surface area contributed by atoms with Crippen LogP contribution in [0.5, 0.6) is 5.75 Å².